The quantitative estimate of drug-likeness (QED) is 0.306. The van der Waals surface area contributed by atoms with Crippen LogP contribution in [0.5, 0.6) is 0 Å². The molecule has 1 fully saturated rings. The van der Waals surface area contributed by atoms with E-state index in [1.54, 1.807) is 17.0 Å². The molecule has 3 aromatic rings. The Balaban J connectivity index is 1.56. The van der Waals surface area contributed by atoms with E-state index in [2.05, 4.69) is 36.5 Å². The Morgan fingerprint density at radius 3 is 2.41 bits per heavy atom. The van der Waals surface area contributed by atoms with Gasteiger partial charge in [-0.25, -0.2) is 5.10 Å². The summed E-state index contributed by atoms with van der Waals surface area (Å²) in [5.41, 5.74) is 2.68. The molecule has 29 heavy (non-hydrogen) atoms. The summed E-state index contributed by atoms with van der Waals surface area (Å²) in [7, 11) is 0. The Morgan fingerprint density at radius 1 is 1.07 bits per heavy atom. The highest BCUT2D eigenvalue weighted by Crippen LogP contribution is 2.26. The first-order valence-corrected chi connectivity index (χ1v) is 10.7. The van der Waals surface area contributed by atoms with Crippen molar-refractivity contribution in [3.05, 3.63) is 73.8 Å². The summed E-state index contributed by atoms with van der Waals surface area (Å²) in [6.07, 6.45) is 3.51. The molecule has 2 heterocycles. The largest absolute Gasteiger partial charge is 0.307 e. The van der Waals surface area contributed by atoms with Crippen LogP contribution in [0.25, 0.3) is 17.5 Å². The SMILES string of the molecule is O=C1NC(=S)S/C1=C\c1ccc(/C=N/n2c(-c3ccc(Br)cc3)n[nH]c2=S)cc1. The summed E-state index contributed by atoms with van der Waals surface area (Å²) in [6, 6.07) is 15.4. The summed E-state index contributed by atoms with van der Waals surface area (Å²) in [5, 5.41) is 14.1. The molecule has 1 amide bonds. The van der Waals surface area contributed by atoms with E-state index in [0.717, 1.165) is 21.2 Å². The van der Waals surface area contributed by atoms with Crippen molar-refractivity contribution in [1.82, 2.24) is 20.2 Å². The van der Waals surface area contributed by atoms with Gasteiger partial charge in [-0.15, -0.1) is 0 Å². The van der Waals surface area contributed by atoms with Gasteiger partial charge >= 0.3 is 0 Å². The first kappa shape index (κ1) is 19.9. The number of thiocarbonyl (C=S) groups is 1. The molecule has 1 saturated heterocycles. The highest BCUT2D eigenvalue weighted by molar-refractivity contribution is 9.10. The number of nitrogens with zero attached hydrogens (tertiary/aromatic N) is 3. The van der Waals surface area contributed by atoms with Crippen LogP contribution in [0.1, 0.15) is 11.1 Å². The predicted molar refractivity (Wildman–Crippen MR) is 126 cm³/mol. The monoisotopic (exact) mass is 501 g/mol. The Kier molecular flexibility index (Phi) is 5.86. The normalized spacial score (nSPS) is 15.4. The number of aromatic nitrogens is 3. The van der Waals surface area contributed by atoms with Crippen molar-refractivity contribution in [1.29, 1.82) is 0 Å². The number of H-pyrrole nitrogens is 1. The summed E-state index contributed by atoms with van der Waals surface area (Å²) < 4.78 is 3.44. The van der Waals surface area contributed by atoms with Crippen LogP contribution < -0.4 is 5.32 Å². The van der Waals surface area contributed by atoms with Crippen LogP contribution in [0.3, 0.4) is 0 Å². The molecule has 1 aliphatic rings. The minimum Gasteiger partial charge on any atom is -0.307 e. The average molecular weight is 502 g/mol. The van der Waals surface area contributed by atoms with Crippen LogP contribution in [0.4, 0.5) is 0 Å². The lowest BCUT2D eigenvalue weighted by Gasteiger charge is -2.01. The molecule has 144 valence electrons. The standard InChI is InChI=1S/C19H12BrN5OS3/c20-14-7-5-13(6-8-14)16-23-24-18(27)25(16)21-10-12-3-1-11(2-4-12)9-15-17(26)22-19(28)29-15/h1-10H,(H,24,27)(H,22,26,28)/b15-9-,21-10+. The third-order valence-electron chi connectivity index (χ3n) is 3.95. The molecule has 1 aliphatic heterocycles. The molecule has 2 aromatic carbocycles. The van der Waals surface area contributed by atoms with Crippen molar-refractivity contribution >= 4 is 74.6 Å². The van der Waals surface area contributed by atoms with E-state index in [-0.39, 0.29) is 5.91 Å². The van der Waals surface area contributed by atoms with Crippen molar-refractivity contribution in [3.63, 3.8) is 0 Å². The van der Waals surface area contributed by atoms with Crippen molar-refractivity contribution in [2.24, 2.45) is 5.10 Å². The van der Waals surface area contributed by atoms with Crippen molar-refractivity contribution < 1.29 is 4.79 Å². The predicted octanol–water partition coefficient (Wildman–Crippen LogP) is 4.74. The third-order valence-corrected chi connectivity index (χ3v) is 5.91. The second-order valence-electron chi connectivity index (χ2n) is 5.93. The van der Waals surface area contributed by atoms with Gasteiger partial charge in [0, 0.05) is 10.0 Å². The molecule has 0 radical (unpaired) electrons. The minimum atomic E-state index is -0.166. The molecule has 10 heteroatoms. The molecule has 1 aromatic heterocycles. The maximum absolute atomic E-state index is 11.8. The fourth-order valence-electron chi connectivity index (χ4n) is 2.56. The Morgan fingerprint density at radius 2 is 1.76 bits per heavy atom. The fourth-order valence-corrected chi connectivity index (χ4v) is 4.05. The number of carbonyl (C=O) groups is 1. The van der Waals surface area contributed by atoms with Crippen molar-refractivity contribution in [2.75, 3.05) is 0 Å². The first-order valence-electron chi connectivity index (χ1n) is 8.32. The van der Waals surface area contributed by atoms with Gasteiger partial charge < -0.3 is 5.32 Å². The zero-order valence-corrected chi connectivity index (χ0v) is 18.7. The summed E-state index contributed by atoms with van der Waals surface area (Å²) >= 11 is 15.0. The Hall–Kier alpha value is -2.40. The number of aromatic amines is 1. The van der Waals surface area contributed by atoms with Gasteiger partial charge in [-0.1, -0.05) is 76.3 Å². The lowest BCUT2D eigenvalue weighted by Crippen LogP contribution is -2.17. The number of rotatable bonds is 4. The molecule has 0 bridgehead atoms. The smallest absolute Gasteiger partial charge is 0.263 e. The minimum absolute atomic E-state index is 0.166. The van der Waals surface area contributed by atoms with Crippen molar-refractivity contribution in [2.45, 2.75) is 0 Å². The summed E-state index contributed by atoms with van der Waals surface area (Å²) in [6.45, 7) is 0. The second-order valence-corrected chi connectivity index (χ2v) is 8.96. The lowest BCUT2D eigenvalue weighted by molar-refractivity contribution is -0.115. The van der Waals surface area contributed by atoms with E-state index in [1.807, 2.05) is 48.5 Å². The number of carbonyl (C=O) groups excluding carboxylic acids is 1. The number of benzene rings is 2. The number of thioether (sulfide) groups is 1. The highest BCUT2D eigenvalue weighted by Gasteiger charge is 2.21. The number of nitrogens with one attached hydrogen (secondary N) is 2. The average Bonchev–Trinajstić information content (AvgIpc) is 3.23. The highest BCUT2D eigenvalue weighted by atomic mass is 79.9. The zero-order chi connectivity index (χ0) is 20.4. The summed E-state index contributed by atoms with van der Waals surface area (Å²) in [5.74, 6) is 0.459. The molecule has 0 atom stereocenters. The van der Waals surface area contributed by atoms with Gasteiger partial charge in [0.05, 0.1) is 11.1 Å². The van der Waals surface area contributed by atoms with E-state index in [0.29, 0.717) is 19.8 Å². The molecule has 0 aliphatic carbocycles. The number of hydrogen-bond acceptors (Lipinski definition) is 6. The van der Waals surface area contributed by atoms with Gasteiger partial charge in [0.2, 0.25) is 4.77 Å². The van der Waals surface area contributed by atoms with Gasteiger partial charge in [0.1, 0.15) is 4.32 Å². The van der Waals surface area contributed by atoms with Crippen LogP contribution in [0.15, 0.2) is 63.0 Å². The molecule has 6 nitrogen and oxygen atoms in total. The zero-order valence-electron chi connectivity index (χ0n) is 14.6. The molecular formula is C19H12BrN5OS3. The third kappa shape index (κ3) is 4.61. The second kappa shape index (κ2) is 8.54. The molecular weight excluding hydrogens is 490 g/mol. The molecule has 2 N–H and O–H groups in total. The lowest BCUT2D eigenvalue weighted by atomic mass is 10.1. The Labute approximate surface area is 189 Å². The number of amides is 1. The molecule has 4 rings (SSSR count). The topological polar surface area (TPSA) is 75.1 Å². The van der Waals surface area contributed by atoms with E-state index in [1.165, 1.54) is 11.8 Å². The van der Waals surface area contributed by atoms with Gasteiger partial charge in [-0.3, -0.25) is 4.79 Å². The van der Waals surface area contributed by atoms with Gasteiger partial charge in [-0.2, -0.15) is 14.9 Å². The number of halogens is 1. The molecule has 0 saturated carbocycles. The summed E-state index contributed by atoms with van der Waals surface area (Å²) in [4.78, 5) is 12.3. The Bertz CT molecular complexity index is 1210. The molecule has 0 spiro atoms. The first-order chi connectivity index (χ1) is 14.0. The van der Waals surface area contributed by atoms with E-state index in [4.69, 9.17) is 24.4 Å². The van der Waals surface area contributed by atoms with E-state index in [9.17, 15) is 4.79 Å². The van der Waals surface area contributed by atoms with Crippen molar-refractivity contribution in [3.8, 4) is 11.4 Å². The maximum atomic E-state index is 11.8. The van der Waals surface area contributed by atoms with Gasteiger partial charge in [0.15, 0.2) is 5.82 Å². The fraction of sp³-hybridized carbons (Fsp3) is 0. The van der Waals surface area contributed by atoms with Crippen LogP contribution in [-0.2, 0) is 4.79 Å². The molecule has 0 unspecified atom stereocenters. The maximum Gasteiger partial charge on any atom is 0.263 e. The van der Waals surface area contributed by atoms with E-state index < -0.39 is 0 Å². The van der Waals surface area contributed by atoms with E-state index >= 15 is 0 Å². The van der Waals surface area contributed by atoms with Crippen LogP contribution in [-0.4, -0.2) is 31.3 Å². The van der Waals surface area contributed by atoms with Crippen LogP contribution >= 0.6 is 52.1 Å². The van der Waals surface area contributed by atoms with Crippen LogP contribution in [0.2, 0.25) is 0 Å². The van der Waals surface area contributed by atoms with Gasteiger partial charge in [-0.05, 0) is 41.6 Å². The van der Waals surface area contributed by atoms with Crippen LogP contribution in [0, 0.1) is 4.77 Å². The number of hydrogen-bond donors (Lipinski definition) is 2. The van der Waals surface area contributed by atoms with Gasteiger partial charge in [0.25, 0.3) is 5.91 Å².